The van der Waals surface area contributed by atoms with Crippen LogP contribution >= 0.6 is 0 Å². The molecule has 0 bridgehead atoms. The molecule has 0 aromatic carbocycles. The summed E-state index contributed by atoms with van der Waals surface area (Å²) in [6.45, 7) is 15.2. The molecule has 1 fully saturated rings. The van der Waals surface area contributed by atoms with Crippen LogP contribution in [0.2, 0.25) is 0 Å². The van der Waals surface area contributed by atoms with E-state index in [0.29, 0.717) is 6.04 Å². The smallest absolute Gasteiger partial charge is 0.0217 e. The summed E-state index contributed by atoms with van der Waals surface area (Å²) in [5.41, 5.74) is 0. The van der Waals surface area contributed by atoms with Gasteiger partial charge in [0.2, 0.25) is 0 Å². The van der Waals surface area contributed by atoms with Crippen molar-refractivity contribution in [3.8, 4) is 0 Å². The van der Waals surface area contributed by atoms with Crippen molar-refractivity contribution in [1.82, 2.24) is 10.2 Å². The molecule has 1 saturated carbocycles. The fourth-order valence-electron chi connectivity index (χ4n) is 3.14. The third-order valence-electron chi connectivity index (χ3n) is 4.14. The van der Waals surface area contributed by atoms with Gasteiger partial charge in [-0.15, -0.1) is 0 Å². The Morgan fingerprint density at radius 3 is 2.11 bits per heavy atom. The summed E-state index contributed by atoms with van der Waals surface area (Å²) in [5.74, 6) is 1.50. The second kappa shape index (κ2) is 8.16. The molecule has 108 valence electrons. The fourth-order valence-corrected chi connectivity index (χ4v) is 3.14. The summed E-state index contributed by atoms with van der Waals surface area (Å²) in [7, 11) is 0. The van der Waals surface area contributed by atoms with Gasteiger partial charge in [0.1, 0.15) is 0 Å². The molecule has 1 aliphatic carbocycles. The van der Waals surface area contributed by atoms with Crippen LogP contribution in [0.5, 0.6) is 0 Å². The van der Waals surface area contributed by atoms with Gasteiger partial charge in [0.05, 0.1) is 0 Å². The minimum absolute atomic E-state index is 0.648. The molecule has 1 unspecified atom stereocenters. The molecule has 0 aromatic heterocycles. The Morgan fingerprint density at radius 1 is 1.06 bits per heavy atom. The average Bonchev–Trinajstić information content (AvgIpc) is 2.79. The van der Waals surface area contributed by atoms with Gasteiger partial charge in [0.15, 0.2) is 0 Å². The van der Waals surface area contributed by atoms with Crippen LogP contribution in [-0.4, -0.2) is 36.6 Å². The van der Waals surface area contributed by atoms with Crippen molar-refractivity contribution >= 4 is 0 Å². The second-order valence-corrected chi connectivity index (χ2v) is 6.69. The van der Waals surface area contributed by atoms with Crippen LogP contribution in [0.1, 0.15) is 60.3 Å². The topological polar surface area (TPSA) is 15.3 Å². The Labute approximate surface area is 115 Å². The van der Waals surface area contributed by atoms with Gasteiger partial charge in [-0.05, 0) is 31.2 Å². The van der Waals surface area contributed by atoms with E-state index in [1.165, 1.54) is 38.8 Å². The summed E-state index contributed by atoms with van der Waals surface area (Å²) >= 11 is 0. The van der Waals surface area contributed by atoms with Crippen molar-refractivity contribution in [3.05, 3.63) is 0 Å². The van der Waals surface area contributed by atoms with Crippen LogP contribution in [-0.2, 0) is 0 Å². The van der Waals surface area contributed by atoms with E-state index in [-0.39, 0.29) is 0 Å². The lowest BCUT2D eigenvalue weighted by Gasteiger charge is -2.35. The lowest BCUT2D eigenvalue weighted by Crippen LogP contribution is -2.48. The van der Waals surface area contributed by atoms with E-state index in [1.807, 2.05) is 0 Å². The fraction of sp³-hybridized carbons (Fsp3) is 1.00. The van der Waals surface area contributed by atoms with Gasteiger partial charge >= 0.3 is 0 Å². The van der Waals surface area contributed by atoms with Gasteiger partial charge in [-0.3, -0.25) is 4.90 Å². The van der Waals surface area contributed by atoms with Crippen LogP contribution in [0.25, 0.3) is 0 Å². The molecule has 1 N–H and O–H groups in total. The second-order valence-electron chi connectivity index (χ2n) is 6.69. The van der Waals surface area contributed by atoms with Crippen molar-refractivity contribution in [3.63, 3.8) is 0 Å². The molecule has 18 heavy (non-hydrogen) atoms. The number of hydrogen-bond donors (Lipinski definition) is 1. The van der Waals surface area contributed by atoms with Crippen molar-refractivity contribution in [1.29, 1.82) is 0 Å². The summed E-state index contributed by atoms with van der Waals surface area (Å²) in [5, 5.41) is 3.67. The van der Waals surface area contributed by atoms with Gasteiger partial charge < -0.3 is 5.32 Å². The first-order valence-electron chi connectivity index (χ1n) is 8.02. The minimum atomic E-state index is 0.648. The van der Waals surface area contributed by atoms with Crippen molar-refractivity contribution in [2.24, 2.45) is 11.8 Å². The quantitative estimate of drug-likeness (QED) is 0.713. The third-order valence-corrected chi connectivity index (χ3v) is 4.14. The van der Waals surface area contributed by atoms with Gasteiger partial charge in [-0.25, -0.2) is 0 Å². The molecular weight excluding hydrogens is 220 g/mol. The van der Waals surface area contributed by atoms with E-state index in [0.717, 1.165) is 24.4 Å². The van der Waals surface area contributed by atoms with Crippen LogP contribution in [0.15, 0.2) is 0 Å². The minimum Gasteiger partial charge on any atom is -0.313 e. The number of likely N-dealkylation sites (N-methyl/N-ethyl adjacent to an activating group) is 1. The highest BCUT2D eigenvalue weighted by atomic mass is 15.2. The number of nitrogens with one attached hydrogen (secondary N) is 1. The molecule has 0 aliphatic heterocycles. The summed E-state index contributed by atoms with van der Waals surface area (Å²) in [4.78, 5) is 2.77. The lowest BCUT2D eigenvalue weighted by atomic mass is 10.0. The first kappa shape index (κ1) is 16.0. The molecule has 1 aliphatic rings. The molecule has 2 heteroatoms. The maximum Gasteiger partial charge on any atom is 0.0217 e. The molecule has 0 saturated heterocycles. The zero-order valence-electron chi connectivity index (χ0n) is 13.2. The monoisotopic (exact) mass is 254 g/mol. The van der Waals surface area contributed by atoms with Gasteiger partial charge in [0, 0.05) is 25.2 Å². The summed E-state index contributed by atoms with van der Waals surface area (Å²) < 4.78 is 0. The van der Waals surface area contributed by atoms with E-state index in [2.05, 4.69) is 44.8 Å². The predicted molar refractivity (Wildman–Crippen MR) is 81.0 cm³/mol. The molecule has 0 amide bonds. The zero-order valence-corrected chi connectivity index (χ0v) is 13.2. The standard InChI is InChI=1S/C16H34N2/c1-6-17-16(14(4)5)12-18(11-13(2)3)15-9-7-8-10-15/h13-17H,6-12H2,1-5H3. The van der Waals surface area contributed by atoms with Gasteiger partial charge in [0.25, 0.3) is 0 Å². The number of rotatable bonds is 8. The lowest BCUT2D eigenvalue weighted by molar-refractivity contribution is 0.146. The van der Waals surface area contributed by atoms with Crippen molar-refractivity contribution in [2.45, 2.75) is 72.4 Å². The largest absolute Gasteiger partial charge is 0.313 e. The van der Waals surface area contributed by atoms with E-state index >= 15 is 0 Å². The highest BCUT2D eigenvalue weighted by molar-refractivity contribution is 4.83. The average molecular weight is 254 g/mol. The molecule has 0 aromatic rings. The molecule has 0 radical (unpaired) electrons. The highest BCUT2D eigenvalue weighted by Gasteiger charge is 2.26. The predicted octanol–water partition coefficient (Wildman–Crippen LogP) is 3.52. The molecule has 2 nitrogen and oxygen atoms in total. The van der Waals surface area contributed by atoms with Gasteiger partial charge in [-0.1, -0.05) is 47.5 Å². The van der Waals surface area contributed by atoms with Crippen LogP contribution in [0.3, 0.4) is 0 Å². The molecule has 0 heterocycles. The van der Waals surface area contributed by atoms with E-state index < -0.39 is 0 Å². The Bertz CT molecular complexity index is 207. The Morgan fingerprint density at radius 2 is 1.67 bits per heavy atom. The Hall–Kier alpha value is -0.0800. The molecule has 0 spiro atoms. The normalized spacial score (nSPS) is 19.3. The van der Waals surface area contributed by atoms with Crippen LogP contribution < -0.4 is 5.32 Å². The summed E-state index contributed by atoms with van der Waals surface area (Å²) in [6.07, 6.45) is 5.72. The molecule has 1 atom stereocenters. The first-order chi connectivity index (χ1) is 8.54. The van der Waals surface area contributed by atoms with Crippen LogP contribution in [0.4, 0.5) is 0 Å². The van der Waals surface area contributed by atoms with E-state index in [9.17, 15) is 0 Å². The third kappa shape index (κ3) is 5.27. The maximum atomic E-state index is 3.67. The highest BCUT2D eigenvalue weighted by Crippen LogP contribution is 2.25. The number of hydrogen-bond acceptors (Lipinski definition) is 2. The van der Waals surface area contributed by atoms with Gasteiger partial charge in [-0.2, -0.15) is 0 Å². The molecule has 1 rings (SSSR count). The SMILES string of the molecule is CCNC(CN(CC(C)C)C1CCCC1)C(C)C. The van der Waals surface area contributed by atoms with Crippen LogP contribution in [0, 0.1) is 11.8 Å². The van der Waals surface area contributed by atoms with Crippen molar-refractivity contribution in [2.75, 3.05) is 19.6 Å². The first-order valence-corrected chi connectivity index (χ1v) is 8.02. The van der Waals surface area contributed by atoms with E-state index in [4.69, 9.17) is 0 Å². The Kier molecular flexibility index (Phi) is 7.25. The maximum absolute atomic E-state index is 3.67. The zero-order chi connectivity index (χ0) is 13.5. The van der Waals surface area contributed by atoms with E-state index in [1.54, 1.807) is 0 Å². The summed E-state index contributed by atoms with van der Waals surface area (Å²) in [6, 6.07) is 1.50. The Balaban J connectivity index is 2.57. The van der Waals surface area contributed by atoms with Crippen molar-refractivity contribution < 1.29 is 0 Å². The molecular formula is C16H34N2. The number of nitrogens with zero attached hydrogens (tertiary/aromatic N) is 1.